The Hall–Kier alpha value is -1.43. The number of morpholine rings is 1. The minimum Gasteiger partial charge on any atom is -0.374 e. The Balaban J connectivity index is 1.21. The van der Waals surface area contributed by atoms with E-state index in [0.29, 0.717) is 37.2 Å². The van der Waals surface area contributed by atoms with E-state index >= 15 is 0 Å². The molecule has 2 aliphatic carbocycles. The van der Waals surface area contributed by atoms with Crippen LogP contribution >= 0.6 is 0 Å². The van der Waals surface area contributed by atoms with Gasteiger partial charge in [-0.2, -0.15) is 4.98 Å². The molecule has 0 radical (unpaired) electrons. The number of aromatic nitrogens is 2. The average Bonchev–Trinajstić information content (AvgIpc) is 3.25. The number of hydrogen-bond donors (Lipinski definition) is 0. The van der Waals surface area contributed by atoms with Crippen molar-refractivity contribution in [3.05, 3.63) is 11.7 Å². The Morgan fingerprint density at radius 3 is 2.87 bits per heavy atom. The van der Waals surface area contributed by atoms with E-state index in [1.54, 1.807) is 0 Å². The number of rotatable bonds is 6. The monoisotopic (exact) mass is 319 g/mol. The second-order valence-corrected chi connectivity index (χ2v) is 7.11. The molecule has 1 aliphatic heterocycles. The van der Waals surface area contributed by atoms with Crippen molar-refractivity contribution in [1.29, 1.82) is 0 Å². The van der Waals surface area contributed by atoms with Gasteiger partial charge in [-0.3, -0.25) is 4.79 Å². The van der Waals surface area contributed by atoms with Gasteiger partial charge in [-0.05, 0) is 38.0 Å². The first-order chi connectivity index (χ1) is 11.3. The highest BCUT2D eigenvalue weighted by molar-refractivity contribution is 5.76. The predicted octanol–water partition coefficient (Wildman–Crippen LogP) is 2.30. The van der Waals surface area contributed by atoms with E-state index in [4.69, 9.17) is 9.26 Å². The van der Waals surface area contributed by atoms with Crippen molar-refractivity contribution in [2.75, 3.05) is 19.7 Å². The van der Waals surface area contributed by atoms with Crippen LogP contribution in [0.5, 0.6) is 0 Å². The van der Waals surface area contributed by atoms with E-state index < -0.39 is 0 Å². The molecule has 1 saturated heterocycles. The summed E-state index contributed by atoms with van der Waals surface area (Å²) in [5.74, 6) is 2.95. The SMILES string of the molecule is O=C(CCCc1nc(C2CC2)no1)N1CCOC(C2CCC2)C1. The molecule has 0 bridgehead atoms. The number of amides is 1. The van der Waals surface area contributed by atoms with Gasteiger partial charge in [0.15, 0.2) is 5.82 Å². The smallest absolute Gasteiger partial charge is 0.226 e. The third-order valence-electron chi connectivity index (χ3n) is 5.33. The van der Waals surface area contributed by atoms with E-state index in [9.17, 15) is 4.79 Å². The van der Waals surface area contributed by atoms with E-state index in [-0.39, 0.29) is 12.0 Å². The maximum Gasteiger partial charge on any atom is 0.226 e. The van der Waals surface area contributed by atoms with Crippen LogP contribution in [0.15, 0.2) is 4.52 Å². The molecule has 6 nitrogen and oxygen atoms in total. The van der Waals surface area contributed by atoms with Gasteiger partial charge in [0.2, 0.25) is 11.8 Å². The zero-order valence-electron chi connectivity index (χ0n) is 13.6. The number of hydrogen-bond acceptors (Lipinski definition) is 5. The van der Waals surface area contributed by atoms with Gasteiger partial charge >= 0.3 is 0 Å². The number of carbonyl (C=O) groups excluding carboxylic acids is 1. The number of carbonyl (C=O) groups is 1. The van der Waals surface area contributed by atoms with Gasteiger partial charge in [-0.15, -0.1) is 0 Å². The van der Waals surface area contributed by atoms with Gasteiger partial charge < -0.3 is 14.2 Å². The van der Waals surface area contributed by atoms with Crippen LogP contribution in [0.25, 0.3) is 0 Å². The molecule has 2 saturated carbocycles. The van der Waals surface area contributed by atoms with Gasteiger partial charge in [0.05, 0.1) is 12.7 Å². The largest absolute Gasteiger partial charge is 0.374 e. The Kier molecular flexibility index (Phi) is 4.33. The highest BCUT2D eigenvalue weighted by atomic mass is 16.5. The summed E-state index contributed by atoms with van der Waals surface area (Å²) in [6.45, 7) is 2.19. The summed E-state index contributed by atoms with van der Waals surface area (Å²) in [7, 11) is 0. The fourth-order valence-corrected chi connectivity index (χ4v) is 3.42. The second kappa shape index (κ2) is 6.59. The van der Waals surface area contributed by atoms with Crippen LogP contribution in [-0.2, 0) is 16.0 Å². The topological polar surface area (TPSA) is 68.5 Å². The van der Waals surface area contributed by atoms with Crippen LogP contribution in [0, 0.1) is 5.92 Å². The van der Waals surface area contributed by atoms with E-state index in [0.717, 1.165) is 25.3 Å². The third-order valence-corrected chi connectivity index (χ3v) is 5.33. The predicted molar refractivity (Wildman–Crippen MR) is 82.9 cm³/mol. The summed E-state index contributed by atoms with van der Waals surface area (Å²) in [5.41, 5.74) is 0. The zero-order valence-corrected chi connectivity index (χ0v) is 13.6. The van der Waals surface area contributed by atoms with Gasteiger partial charge in [-0.25, -0.2) is 0 Å². The van der Waals surface area contributed by atoms with Gasteiger partial charge in [0, 0.05) is 31.8 Å². The standard InChI is InChI=1S/C17H25N3O3/c21-16(20-9-10-22-14(11-20)12-3-1-4-12)6-2-5-15-18-17(19-23-15)13-7-8-13/h12-14H,1-11H2. The molecule has 0 aromatic carbocycles. The van der Waals surface area contributed by atoms with Crippen molar-refractivity contribution >= 4 is 5.91 Å². The summed E-state index contributed by atoms with van der Waals surface area (Å²) >= 11 is 0. The lowest BCUT2D eigenvalue weighted by atomic mass is 9.80. The number of aryl methyl sites for hydroxylation is 1. The van der Waals surface area contributed by atoms with Crippen LogP contribution in [0.4, 0.5) is 0 Å². The van der Waals surface area contributed by atoms with Gasteiger partial charge in [-0.1, -0.05) is 11.6 Å². The molecule has 23 heavy (non-hydrogen) atoms. The molecule has 1 atom stereocenters. The summed E-state index contributed by atoms with van der Waals surface area (Å²) < 4.78 is 11.1. The second-order valence-electron chi connectivity index (χ2n) is 7.11. The minimum atomic E-state index is 0.236. The summed E-state index contributed by atoms with van der Waals surface area (Å²) in [6, 6.07) is 0. The fraction of sp³-hybridized carbons (Fsp3) is 0.824. The first kappa shape index (κ1) is 15.1. The lowest BCUT2D eigenvalue weighted by Gasteiger charge is -2.40. The molecule has 1 aromatic heterocycles. The summed E-state index contributed by atoms with van der Waals surface area (Å²) in [4.78, 5) is 18.8. The molecular weight excluding hydrogens is 294 g/mol. The molecule has 6 heteroatoms. The van der Waals surface area contributed by atoms with Crippen molar-refractivity contribution in [2.24, 2.45) is 5.92 Å². The molecule has 1 amide bonds. The molecule has 0 spiro atoms. The maximum absolute atomic E-state index is 12.4. The number of nitrogens with zero attached hydrogens (tertiary/aromatic N) is 3. The molecule has 4 rings (SSSR count). The molecule has 2 heterocycles. The normalized spacial score (nSPS) is 25.4. The molecule has 126 valence electrons. The summed E-state index contributed by atoms with van der Waals surface area (Å²) in [5, 5.41) is 4.01. The highest BCUT2D eigenvalue weighted by Crippen LogP contribution is 2.38. The molecule has 0 N–H and O–H groups in total. The minimum absolute atomic E-state index is 0.236. The van der Waals surface area contributed by atoms with Crippen molar-refractivity contribution in [3.63, 3.8) is 0 Å². The lowest BCUT2D eigenvalue weighted by molar-refractivity contribution is -0.142. The van der Waals surface area contributed by atoms with Crippen LogP contribution in [0.3, 0.4) is 0 Å². The van der Waals surface area contributed by atoms with Crippen LogP contribution < -0.4 is 0 Å². The van der Waals surface area contributed by atoms with Crippen LogP contribution in [0.2, 0.25) is 0 Å². The first-order valence-corrected chi connectivity index (χ1v) is 9.01. The molecule has 1 unspecified atom stereocenters. The van der Waals surface area contributed by atoms with Crippen LogP contribution in [0.1, 0.15) is 62.6 Å². The average molecular weight is 319 g/mol. The van der Waals surface area contributed by atoms with Crippen molar-refractivity contribution in [3.8, 4) is 0 Å². The summed E-state index contributed by atoms with van der Waals surface area (Å²) in [6.07, 6.45) is 8.47. The van der Waals surface area contributed by atoms with Crippen LogP contribution in [-0.4, -0.2) is 46.7 Å². The maximum atomic E-state index is 12.4. The van der Waals surface area contributed by atoms with Crippen molar-refractivity contribution < 1.29 is 14.1 Å². The van der Waals surface area contributed by atoms with Crippen molar-refractivity contribution in [2.45, 2.75) is 63.4 Å². The quantitative estimate of drug-likeness (QED) is 0.805. The Morgan fingerprint density at radius 2 is 2.13 bits per heavy atom. The highest BCUT2D eigenvalue weighted by Gasteiger charge is 2.33. The van der Waals surface area contributed by atoms with Crippen molar-refractivity contribution in [1.82, 2.24) is 15.0 Å². The first-order valence-electron chi connectivity index (χ1n) is 9.01. The third kappa shape index (κ3) is 3.57. The fourth-order valence-electron chi connectivity index (χ4n) is 3.42. The molecular formula is C17H25N3O3. The van der Waals surface area contributed by atoms with E-state index in [1.807, 2.05) is 4.90 Å². The Bertz CT molecular complexity index is 551. The number of ether oxygens (including phenoxy) is 1. The van der Waals surface area contributed by atoms with E-state index in [2.05, 4.69) is 10.1 Å². The molecule has 3 fully saturated rings. The molecule has 1 aromatic rings. The lowest BCUT2D eigenvalue weighted by Crippen LogP contribution is -2.49. The van der Waals surface area contributed by atoms with Gasteiger partial charge in [0.1, 0.15) is 0 Å². The van der Waals surface area contributed by atoms with E-state index in [1.165, 1.54) is 32.1 Å². The molecule has 3 aliphatic rings. The van der Waals surface area contributed by atoms with Gasteiger partial charge in [0.25, 0.3) is 0 Å². The zero-order chi connectivity index (χ0) is 15.6. The Morgan fingerprint density at radius 1 is 1.26 bits per heavy atom. The Labute approximate surface area is 136 Å².